The summed E-state index contributed by atoms with van der Waals surface area (Å²) in [4.78, 5) is 0. The Hall–Kier alpha value is -0.490. The molecule has 1 heteroatoms. The number of rotatable bonds is 2. The lowest BCUT2D eigenvalue weighted by atomic mass is 9.99. The summed E-state index contributed by atoms with van der Waals surface area (Å²) < 4.78 is 0. The lowest BCUT2D eigenvalue weighted by Gasteiger charge is -2.09. The second-order valence-corrected chi connectivity index (χ2v) is 3.03. The van der Waals surface area contributed by atoms with Crippen molar-refractivity contribution >= 4 is 11.6 Å². The summed E-state index contributed by atoms with van der Waals surface area (Å²) in [7, 11) is 0. The van der Waals surface area contributed by atoms with E-state index in [2.05, 4.69) is 13.8 Å². The molecular formula is C10H12Cl. The molecule has 0 N–H and O–H groups in total. The van der Waals surface area contributed by atoms with Crippen molar-refractivity contribution < 1.29 is 0 Å². The van der Waals surface area contributed by atoms with Gasteiger partial charge in [-0.15, -0.1) is 0 Å². The topological polar surface area (TPSA) is 0 Å². The van der Waals surface area contributed by atoms with Crippen LogP contribution in [0.5, 0.6) is 0 Å². The van der Waals surface area contributed by atoms with Crippen LogP contribution in [0.25, 0.3) is 0 Å². The summed E-state index contributed by atoms with van der Waals surface area (Å²) in [6.45, 7) is 6.12. The Labute approximate surface area is 73.2 Å². The van der Waals surface area contributed by atoms with Crippen LogP contribution in [-0.2, 0) is 0 Å². The second-order valence-electron chi connectivity index (χ2n) is 2.63. The van der Waals surface area contributed by atoms with E-state index in [1.807, 2.05) is 24.3 Å². The first-order chi connectivity index (χ1) is 5.25. The zero-order valence-electron chi connectivity index (χ0n) is 6.68. The van der Waals surface area contributed by atoms with E-state index in [4.69, 9.17) is 11.6 Å². The maximum atomic E-state index is 5.96. The minimum absolute atomic E-state index is 0.323. The van der Waals surface area contributed by atoms with E-state index in [-0.39, 0.29) is 0 Å². The molecule has 1 unspecified atom stereocenters. The average Bonchev–Trinajstić information content (AvgIpc) is 2.04. The quantitative estimate of drug-likeness (QED) is 0.631. The van der Waals surface area contributed by atoms with Crippen molar-refractivity contribution in [2.45, 2.75) is 19.3 Å². The molecule has 1 aromatic rings. The molecular weight excluding hydrogens is 156 g/mol. The highest BCUT2D eigenvalue weighted by Gasteiger charge is 2.05. The van der Waals surface area contributed by atoms with E-state index in [1.165, 1.54) is 0 Å². The molecule has 1 aromatic carbocycles. The third-order valence-corrected chi connectivity index (χ3v) is 2.18. The number of halogens is 1. The normalized spacial score (nSPS) is 13.0. The highest BCUT2D eigenvalue weighted by atomic mass is 35.5. The van der Waals surface area contributed by atoms with Crippen molar-refractivity contribution in [3.8, 4) is 0 Å². The zero-order valence-corrected chi connectivity index (χ0v) is 7.43. The van der Waals surface area contributed by atoms with Gasteiger partial charge in [-0.1, -0.05) is 36.7 Å². The van der Waals surface area contributed by atoms with Gasteiger partial charge in [0.25, 0.3) is 0 Å². The Morgan fingerprint density at radius 1 is 1.45 bits per heavy atom. The van der Waals surface area contributed by atoms with Gasteiger partial charge in [-0.2, -0.15) is 0 Å². The summed E-state index contributed by atoms with van der Waals surface area (Å²) in [5.74, 6) is 0.323. The van der Waals surface area contributed by atoms with E-state index in [9.17, 15) is 0 Å². The van der Waals surface area contributed by atoms with Gasteiger partial charge < -0.3 is 0 Å². The van der Waals surface area contributed by atoms with Gasteiger partial charge in [0.15, 0.2) is 0 Å². The van der Waals surface area contributed by atoms with E-state index in [1.54, 1.807) is 0 Å². The predicted octanol–water partition coefficient (Wildman–Crippen LogP) is 3.67. The summed E-state index contributed by atoms with van der Waals surface area (Å²) in [6.07, 6.45) is 1.03. The van der Waals surface area contributed by atoms with Crippen molar-refractivity contribution in [1.29, 1.82) is 0 Å². The van der Waals surface area contributed by atoms with Crippen LogP contribution in [0.4, 0.5) is 0 Å². The maximum absolute atomic E-state index is 5.96. The molecule has 0 saturated heterocycles. The van der Waals surface area contributed by atoms with Gasteiger partial charge in [-0.3, -0.25) is 0 Å². The Bertz CT molecular complexity index is 230. The van der Waals surface area contributed by atoms with Crippen LogP contribution in [0.1, 0.15) is 24.8 Å². The minimum Gasteiger partial charge on any atom is -0.0840 e. The molecule has 59 valence electrons. The molecule has 0 bridgehead atoms. The van der Waals surface area contributed by atoms with Crippen LogP contribution in [-0.4, -0.2) is 0 Å². The molecule has 0 aliphatic heterocycles. The molecule has 0 aliphatic carbocycles. The molecule has 0 amide bonds. The van der Waals surface area contributed by atoms with Crippen LogP contribution in [0.15, 0.2) is 24.3 Å². The van der Waals surface area contributed by atoms with Gasteiger partial charge in [0.05, 0.1) is 0 Å². The van der Waals surface area contributed by atoms with Gasteiger partial charge in [-0.25, -0.2) is 0 Å². The first kappa shape index (κ1) is 8.61. The number of hydrogen-bond acceptors (Lipinski definition) is 0. The molecule has 1 radical (unpaired) electrons. The SMILES string of the molecule is [CH2]C(CC)c1ccccc1Cl. The molecule has 0 aromatic heterocycles. The third kappa shape index (κ3) is 1.97. The molecule has 0 fully saturated rings. The fourth-order valence-electron chi connectivity index (χ4n) is 1.03. The number of benzene rings is 1. The minimum atomic E-state index is 0.323. The van der Waals surface area contributed by atoms with Gasteiger partial charge >= 0.3 is 0 Å². The van der Waals surface area contributed by atoms with E-state index < -0.39 is 0 Å². The van der Waals surface area contributed by atoms with Crippen LogP contribution in [0.3, 0.4) is 0 Å². The maximum Gasteiger partial charge on any atom is 0.0440 e. The van der Waals surface area contributed by atoms with E-state index in [0.29, 0.717) is 5.92 Å². The standard InChI is InChI=1S/C10H12Cl/c1-3-8(2)9-6-4-5-7-10(9)11/h4-8H,2-3H2,1H3. The van der Waals surface area contributed by atoms with Crippen LogP contribution in [0.2, 0.25) is 5.02 Å². The van der Waals surface area contributed by atoms with Crippen LogP contribution in [0, 0.1) is 6.92 Å². The van der Waals surface area contributed by atoms with Gasteiger partial charge in [0.2, 0.25) is 0 Å². The average molecular weight is 168 g/mol. The molecule has 1 rings (SSSR count). The van der Waals surface area contributed by atoms with Gasteiger partial charge in [0.1, 0.15) is 0 Å². The Morgan fingerprint density at radius 3 is 2.64 bits per heavy atom. The zero-order chi connectivity index (χ0) is 8.27. The largest absolute Gasteiger partial charge is 0.0840 e. The summed E-state index contributed by atoms with van der Waals surface area (Å²) in [6, 6.07) is 7.87. The van der Waals surface area contributed by atoms with Crippen molar-refractivity contribution in [3.63, 3.8) is 0 Å². The van der Waals surface area contributed by atoms with Crippen LogP contribution < -0.4 is 0 Å². The Balaban J connectivity index is 2.93. The van der Waals surface area contributed by atoms with E-state index in [0.717, 1.165) is 17.0 Å². The van der Waals surface area contributed by atoms with Gasteiger partial charge in [0, 0.05) is 5.02 Å². The third-order valence-electron chi connectivity index (χ3n) is 1.84. The molecule has 0 aliphatic rings. The number of hydrogen-bond donors (Lipinski definition) is 0. The smallest absolute Gasteiger partial charge is 0.0440 e. The molecule has 1 atom stereocenters. The van der Waals surface area contributed by atoms with Crippen molar-refractivity contribution in [2.75, 3.05) is 0 Å². The first-order valence-corrected chi connectivity index (χ1v) is 4.21. The van der Waals surface area contributed by atoms with Crippen molar-refractivity contribution in [1.82, 2.24) is 0 Å². The predicted molar refractivity (Wildman–Crippen MR) is 49.8 cm³/mol. The molecule has 0 nitrogen and oxygen atoms in total. The monoisotopic (exact) mass is 167 g/mol. The lowest BCUT2D eigenvalue weighted by molar-refractivity contribution is 0.802. The molecule has 0 heterocycles. The molecule has 11 heavy (non-hydrogen) atoms. The lowest BCUT2D eigenvalue weighted by Crippen LogP contribution is -1.91. The Kier molecular flexibility index (Phi) is 2.95. The van der Waals surface area contributed by atoms with Gasteiger partial charge in [-0.05, 0) is 30.9 Å². The van der Waals surface area contributed by atoms with E-state index >= 15 is 0 Å². The second kappa shape index (κ2) is 3.77. The molecule has 0 saturated carbocycles. The fourth-order valence-corrected chi connectivity index (χ4v) is 1.32. The highest BCUT2D eigenvalue weighted by Crippen LogP contribution is 2.25. The van der Waals surface area contributed by atoms with Crippen molar-refractivity contribution in [3.05, 3.63) is 41.8 Å². The Morgan fingerprint density at radius 2 is 2.09 bits per heavy atom. The van der Waals surface area contributed by atoms with Crippen LogP contribution >= 0.6 is 11.6 Å². The molecule has 0 spiro atoms. The first-order valence-electron chi connectivity index (χ1n) is 3.83. The summed E-state index contributed by atoms with van der Waals surface area (Å²) in [5.41, 5.74) is 1.15. The van der Waals surface area contributed by atoms with Crippen molar-refractivity contribution in [2.24, 2.45) is 0 Å². The summed E-state index contributed by atoms with van der Waals surface area (Å²) >= 11 is 5.96. The summed E-state index contributed by atoms with van der Waals surface area (Å²) in [5, 5.41) is 0.828. The highest BCUT2D eigenvalue weighted by molar-refractivity contribution is 6.31. The fraction of sp³-hybridized carbons (Fsp3) is 0.300.